The van der Waals surface area contributed by atoms with E-state index in [9.17, 15) is 0 Å². The lowest BCUT2D eigenvalue weighted by Gasteiger charge is -2.42. The van der Waals surface area contributed by atoms with Crippen LogP contribution in [0.15, 0.2) is 199 Å². The SMILES string of the molecule is Cc1cc2c(cc1CCC1c3cc(-c4cccc5oc6ccccc6c45)ccc3B3c4cc5c(cc4C(c4ccc(C(C)(C)C)cc4-c4ccccc4)Cc4cc(N(c6ccc(C(C)(C)C)cc6)c6ccc(C(C)(C)C)cc6)cc1c43)C(C)(C)CC5(C)C)C(C)(C)CCC2(C)C. The Hall–Kier alpha value is -8.14. The van der Waals surface area contributed by atoms with E-state index >= 15 is 0 Å². The van der Waals surface area contributed by atoms with E-state index in [0.717, 1.165) is 42.2 Å². The third-order valence-electron chi connectivity index (χ3n) is 23.7. The van der Waals surface area contributed by atoms with Crippen molar-refractivity contribution in [3.05, 3.63) is 272 Å². The summed E-state index contributed by atoms with van der Waals surface area (Å²) in [4.78, 5) is 2.61. The van der Waals surface area contributed by atoms with Gasteiger partial charge in [-0.05, 0) is 232 Å². The molecule has 0 amide bonds. The molecule has 4 aliphatic rings. The van der Waals surface area contributed by atoms with Gasteiger partial charge in [0.2, 0.25) is 6.71 Å². The molecule has 0 spiro atoms. The molecule has 10 aromatic carbocycles. The minimum Gasteiger partial charge on any atom is -0.456 e. The van der Waals surface area contributed by atoms with E-state index in [-0.39, 0.29) is 56.5 Å². The number of para-hydroxylation sites is 1. The van der Waals surface area contributed by atoms with Crippen LogP contribution in [0.4, 0.5) is 17.1 Å². The lowest BCUT2D eigenvalue weighted by atomic mass is 9.31. The Morgan fingerprint density at radius 2 is 1.03 bits per heavy atom. The molecular formula is C93H100BNO. The molecule has 1 aromatic heterocycles. The van der Waals surface area contributed by atoms with Gasteiger partial charge < -0.3 is 9.32 Å². The summed E-state index contributed by atoms with van der Waals surface area (Å²) < 4.78 is 6.69. The fourth-order valence-electron chi connectivity index (χ4n) is 18.3. The van der Waals surface area contributed by atoms with Crippen LogP contribution < -0.4 is 21.3 Å². The second-order valence-corrected chi connectivity index (χ2v) is 35.4. The Bertz CT molecular complexity index is 4830. The molecule has 2 aliphatic carbocycles. The van der Waals surface area contributed by atoms with Gasteiger partial charge in [-0.3, -0.25) is 0 Å². The van der Waals surface area contributed by atoms with Gasteiger partial charge in [0.05, 0.1) is 0 Å². The van der Waals surface area contributed by atoms with Crippen molar-refractivity contribution < 1.29 is 4.42 Å². The van der Waals surface area contributed by atoms with E-state index in [2.05, 4.69) is 324 Å². The van der Waals surface area contributed by atoms with Crippen molar-refractivity contribution in [2.24, 2.45) is 0 Å². The average Bonchev–Trinajstić information content (AvgIpc) is 1.43. The Morgan fingerprint density at radius 1 is 0.448 bits per heavy atom. The highest BCUT2D eigenvalue weighted by Crippen LogP contribution is 2.53. The van der Waals surface area contributed by atoms with E-state index in [1.807, 2.05) is 0 Å². The minimum absolute atomic E-state index is 0.00260. The molecule has 3 heterocycles. The predicted molar refractivity (Wildman–Crippen MR) is 412 cm³/mol. The maximum absolute atomic E-state index is 6.69. The van der Waals surface area contributed by atoms with Crippen LogP contribution in [0.1, 0.15) is 233 Å². The molecule has 15 rings (SSSR count). The molecule has 0 bridgehead atoms. The van der Waals surface area contributed by atoms with Crippen LogP contribution in [-0.4, -0.2) is 6.71 Å². The number of aryl methyl sites for hydroxylation is 2. The molecule has 0 fully saturated rings. The maximum Gasteiger partial charge on any atom is 0.242 e. The largest absolute Gasteiger partial charge is 0.456 e. The zero-order valence-electron chi connectivity index (χ0n) is 60.8. The number of fused-ring (bicyclic) bond motifs is 9. The maximum atomic E-state index is 6.69. The first-order valence-electron chi connectivity index (χ1n) is 36.1. The smallest absolute Gasteiger partial charge is 0.242 e. The number of nitrogens with zero attached hydrogens (tertiary/aromatic N) is 1. The van der Waals surface area contributed by atoms with Crippen molar-refractivity contribution in [1.82, 2.24) is 0 Å². The van der Waals surface area contributed by atoms with Gasteiger partial charge >= 0.3 is 0 Å². The highest BCUT2D eigenvalue weighted by Gasteiger charge is 2.48. The molecule has 96 heavy (non-hydrogen) atoms. The van der Waals surface area contributed by atoms with E-state index in [1.54, 1.807) is 5.56 Å². The van der Waals surface area contributed by atoms with Gasteiger partial charge in [0.25, 0.3) is 0 Å². The molecule has 2 aliphatic heterocycles. The van der Waals surface area contributed by atoms with Gasteiger partial charge in [-0.1, -0.05) is 280 Å². The van der Waals surface area contributed by atoms with Crippen molar-refractivity contribution in [3.63, 3.8) is 0 Å². The van der Waals surface area contributed by atoms with E-state index in [4.69, 9.17) is 4.42 Å². The summed E-state index contributed by atoms with van der Waals surface area (Å²) >= 11 is 0. The second kappa shape index (κ2) is 22.5. The number of benzene rings is 10. The molecule has 2 nitrogen and oxygen atoms in total. The standard InChI is InChI=1S/C93H100BNO/c1-57-47-77-78(91(13,14)46-45-90(77,11)12)51-59(57)31-42-70-74-49-60(68-28-24-30-84-85(68)71-27-22-23-29-83(71)96-84)32-44-81(74)94-82-55-80-79(92(15,16)56-93(80,17)18)54-75(82)73(69-43-37-64(89(8,9)10)52-72(69)58-25-20-19-21-26-58)50-61-48-67(53-76(70)86(61)94)95(65-38-33-62(34-39-65)87(2,3)4)66-40-35-63(36-41-66)88(5,6)7/h19-30,32-41,43-44,47-49,51-55,70,73H,31,42,45-46,50,56H2,1-18H3. The van der Waals surface area contributed by atoms with E-state index in [1.165, 1.54) is 146 Å². The molecule has 3 heteroatoms. The fourth-order valence-corrected chi connectivity index (χ4v) is 18.3. The number of hydrogen-bond donors (Lipinski definition) is 0. The predicted octanol–water partition coefficient (Wildman–Crippen LogP) is 23.2. The quantitative estimate of drug-likeness (QED) is 0.134. The fraction of sp³-hybridized carbons (Fsp3) is 0.355. The van der Waals surface area contributed by atoms with Gasteiger partial charge in [-0.2, -0.15) is 0 Å². The lowest BCUT2D eigenvalue weighted by molar-refractivity contribution is 0.331. The zero-order chi connectivity index (χ0) is 67.6. The molecule has 2 unspecified atom stereocenters. The number of hydrogen-bond acceptors (Lipinski definition) is 2. The average molecular weight is 1260 g/mol. The first-order chi connectivity index (χ1) is 45.3. The van der Waals surface area contributed by atoms with Crippen LogP contribution in [-0.2, 0) is 50.7 Å². The van der Waals surface area contributed by atoms with Gasteiger partial charge in [-0.25, -0.2) is 0 Å². The molecule has 0 saturated heterocycles. The molecule has 486 valence electrons. The molecule has 0 saturated carbocycles. The highest BCUT2D eigenvalue weighted by molar-refractivity contribution is 6.97. The van der Waals surface area contributed by atoms with Crippen molar-refractivity contribution in [2.75, 3.05) is 4.90 Å². The first-order valence-corrected chi connectivity index (χ1v) is 36.1. The summed E-state index contributed by atoms with van der Waals surface area (Å²) in [6, 6.07) is 77.2. The Kier molecular flexibility index (Phi) is 14.9. The van der Waals surface area contributed by atoms with Crippen molar-refractivity contribution in [2.45, 2.75) is 213 Å². The van der Waals surface area contributed by atoms with Crippen LogP contribution in [0.5, 0.6) is 0 Å². The molecule has 0 N–H and O–H groups in total. The summed E-state index contributed by atoms with van der Waals surface area (Å²) in [5, 5.41) is 2.34. The van der Waals surface area contributed by atoms with Crippen LogP contribution in [0.2, 0.25) is 0 Å². The Balaban J connectivity index is 1.06. The minimum atomic E-state index is -0.0437. The molecule has 2 atom stereocenters. The second-order valence-electron chi connectivity index (χ2n) is 35.4. The summed E-state index contributed by atoms with van der Waals surface area (Å²) in [7, 11) is 0. The molecule has 11 aromatic rings. The Morgan fingerprint density at radius 3 is 1.68 bits per heavy atom. The summed E-state index contributed by atoms with van der Waals surface area (Å²) in [6.07, 6.45) is 6.25. The van der Waals surface area contributed by atoms with Gasteiger partial charge in [-0.15, -0.1) is 0 Å². The number of anilines is 3. The normalized spacial score (nSPS) is 18.1. The first kappa shape index (κ1) is 63.9. The highest BCUT2D eigenvalue weighted by atomic mass is 16.3. The van der Waals surface area contributed by atoms with Crippen molar-refractivity contribution >= 4 is 62.1 Å². The van der Waals surface area contributed by atoms with Gasteiger partial charge in [0.15, 0.2) is 0 Å². The lowest BCUT2D eigenvalue weighted by Crippen LogP contribution is -2.59. The van der Waals surface area contributed by atoms with Gasteiger partial charge in [0.1, 0.15) is 11.2 Å². The van der Waals surface area contributed by atoms with Crippen molar-refractivity contribution in [3.8, 4) is 22.3 Å². The topological polar surface area (TPSA) is 16.4 Å². The van der Waals surface area contributed by atoms with Crippen LogP contribution in [0.3, 0.4) is 0 Å². The molecular weight excluding hydrogens is 1160 g/mol. The monoisotopic (exact) mass is 1260 g/mol. The molecule has 0 radical (unpaired) electrons. The summed E-state index contributed by atoms with van der Waals surface area (Å²) in [6.45, 7) is 43.5. The number of furan rings is 1. The summed E-state index contributed by atoms with van der Waals surface area (Å²) in [5.74, 6) is 0.0812. The number of rotatable bonds is 9. The van der Waals surface area contributed by atoms with Crippen molar-refractivity contribution in [1.29, 1.82) is 0 Å². The van der Waals surface area contributed by atoms with Gasteiger partial charge in [0, 0.05) is 39.7 Å². The summed E-state index contributed by atoms with van der Waals surface area (Å²) in [5.41, 5.74) is 35.2. The Labute approximate surface area is 575 Å². The van der Waals surface area contributed by atoms with Crippen LogP contribution >= 0.6 is 0 Å². The van der Waals surface area contributed by atoms with E-state index < -0.39 is 0 Å². The van der Waals surface area contributed by atoms with Crippen LogP contribution in [0, 0.1) is 6.92 Å². The third-order valence-corrected chi connectivity index (χ3v) is 23.7. The zero-order valence-corrected chi connectivity index (χ0v) is 60.8. The van der Waals surface area contributed by atoms with Crippen LogP contribution in [0.25, 0.3) is 44.2 Å². The van der Waals surface area contributed by atoms with E-state index in [0.29, 0.717) is 0 Å². The third kappa shape index (κ3) is 10.8.